The number of hydrogen-bond acceptors (Lipinski definition) is 24. The summed E-state index contributed by atoms with van der Waals surface area (Å²) in [7, 11) is -29.7. The molecule has 2 amide bonds. The van der Waals surface area contributed by atoms with Crippen LogP contribution in [0, 0.1) is 0 Å². The van der Waals surface area contributed by atoms with Gasteiger partial charge in [-0.25, -0.2) is 17.4 Å². The molecule has 0 fully saturated rings. The van der Waals surface area contributed by atoms with Crippen molar-refractivity contribution in [3.05, 3.63) is 84.1 Å². The van der Waals surface area contributed by atoms with E-state index in [1.165, 1.54) is 18.2 Å². The van der Waals surface area contributed by atoms with Crippen LogP contribution >= 0.6 is 11.6 Å². The van der Waals surface area contributed by atoms with Gasteiger partial charge in [0.1, 0.15) is 31.7 Å². The molecule has 72 heavy (non-hydrogen) atoms. The highest BCUT2D eigenvalue weighted by atomic mass is 35.5. The summed E-state index contributed by atoms with van der Waals surface area (Å²) in [5, 5.41) is 21.7. The molecule has 0 bridgehead atoms. The summed E-state index contributed by atoms with van der Waals surface area (Å²) in [6, 6.07) is 11.0. The number of carbonyl (C=O) groups is 1. The number of halogens is 1. The number of nitrogens with one attached hydrogen (secondary N) is 3. The first-order valence-electron chi connectivity index (χ1n) is 18.6. The van der Waals surface area contributed by atoms with Crippen molar-refractivity contribution in [1.82, 2.24) is 15.0 Å². The van der Waals surface area contributed by atoms with E-state index in [1.54, 1.807) is 0 Å². The molecule has 0 radical (unpaired) electrons. The molecule has 0 saturated carbocycles. The number of nitrogen functional groups attached to an aromatic ring is 1. The van der Waals surface area contributed by atoms with Crippen LogP contribution in [0.5, 0.6) is 0 Å². The van der Waals surface area contributed by atoms with Crippen molar-refractivity contribution in [2.24, 2.45) is 26.2 Å². The van der Waals surface area contributed by atoms with Gasteiger partial charge in [-0.15, -0.1) is 15.3 Å². The molecule has 1 aromatic heterocycles. The fraction of sp³-hybridized carbons (Fsp3) is 0.0588. The van der Waals surface area contributed by atoms with Crippen LogP contribution in [0.3, 0.4) is 0 Å². The third kappa shape index (κ3) is 13.9. The molecule has 6 aromatic rings. The standard InChI is InChI=1S/C34H29ClN12O19S6/c35-31-41-33(43-34(42-31)40-25-14-22(36)29(70(57,58)59)15-26(25)46-44-17-1-4-19(5-2-17)67(49,50)8-7-66-72(63,64)65)38-18-3-6-23(24(11-18)39-32(37)48)45-47-27-13-21-16(10-30(27)71(60,61)62)9-20(68(51,52)53)12-28(21)69(54,55)56/h1-6,9-15H,7-8,36H2,(H3,37,39,48)(H,51,52,53)(H,54,55,56)(H,57,58,59)(H,60,61,62)(H,63,64,65)(H2,38,40,41,42,43)/b46-44-,47-45+. The number of carbonyl (C=O) groups excluding carboxylic acids is 1. The van der Waals surface area contributed by atoms with Crippen molar-refractivity contribution in [1.29, 1.82) is 0 Å². The summed E-state index contributed by atoms with van der Waals surface area (Å²) in [5.41, 5.74) is 8.93. The second-order valence-corrected chi connectivity index (χ2v) is 23.1. The lowest BCUT2D eigenvalue weighted by molar-refractivity contribution is 0.259. The van der Waals surface area contributed by atoms with Gasteiger partial charge < -0.3 is 27.4 Å². The Morgan fingerprint density at radius 1 is 0.597 bits per heavy atom. The molecule has 5 aromatic carbocycles. The van der Waals surface area contributed by atoms with E-state index >= 15 is 0 Å². The van der Waals surface area contributed by atoms with Crippen molar-refractivity contribution in [3.63, 3.8) is 0 Å². The Labute approximate surface area is 410 Å². The SMILES string of the molecule is NC(=O)Nc1cc(Nc2nc(Cl)nc(Nc3cc(N)c(S(=O)(=O)O)cc3/N=N\c3ccc(S(=O)(=O)CCOS(=O)(=O)O)cc3)n2)ccc1/N=N/c1cc2c(S(=O)(=O)O)cc(S(=O)(=O)O)cc2cc1S(=O)(=O)O. The maximum absolute atomic E-state index is 12.6. The largest absolute Gasteiger partial charge is 0.398 e. The molecule has 38 heteroatoms. The molecule has 0 atom stereocenters. The van der Waals surface area contributed by atoms with E-state index in [4.69, 9.17) is 27.6 Å². The minimum atomic E-state index is -5.28. The number of hydrogen-bond donors (Lipinski definition) is 10. The average molecular weight is 1140 g/mol. The molecule has 12 N–H and O–H groups in total. The van der Waals surface area contributed by atoms with Crippen LogP contribution < -0.4 is 27.4 Å². The van der Waals surface area contributed by atoms with Gasteiger partial charge in [-0.2, -0.15) is 62.2 Å². The molecule has 0 aliphatic rings. The lowest BCUT2D eigenvalue weighted by Crippen LogP contribution is -2.19. The number of anilines is 6. The fourth-order valence-electron chi connectivity index (χ4n) is 5.91. The van der Waals surface area contributed by atoms with Crippen LogP contribution in [0.25, 0.3) is 10.8 Å². The molecule has 0 saturated heterocycles. The summed E-state index contributed by atoms with van der Waals surface area (Å²) in [6.45, 7) is -0.890. The van der Waals surface area contributed by atoms with E-state index in [2.05, 4.69) is 55.5 Å². The Bertz CT molecular complexity index is 3980. The molecular weight excluding hydrogens is 1110 g/mol. The topological polar surface area (TPSA) is 509 Å². The number of amides is 2. The van der Waals surface area contributed by atoms with Gasteiger partial charge in [-0.1, -0.05) is 0 Å². The molecular formula is C34H29ClN12O19S6. The van der Waals surface area contributed by atoms with Gasteiger partial charge in [-0.05, 0) is 95.8 Å². The monoisotopic (exact) mass is 1140 g/mol. The predicted octanol–water partition coefficient (Wildman–Crippen LogP) is 4.65. The molecule has 382 valence electrons. The first-order chi connectivity index (χ1) is 33.2. The maximum Gasteiger partial charge on any atom is 0.397 e. The van der Waals surface area contributed by atoms with E-state index in [1.807, 2.05) is 0 Å². The van der Waals surface area contributed by atoms with Gasteiger partial charge in [0.15, 0.2) is 9.84 Å². The predicted molar refractivity (Wildman–Crippen MR) is 249 cm³/mol. The number of azo groups is 2. The van der Waals surface area contributed by atoms with Crippen molar-refractivity contribution < 1.29 is 82.2 Å². The van der Waals surface area contributed by atoms with E-state index in [-0.39, 0.29) is 50.9 Å². The van der Waals surface area contributed by atoms with Crippen molar-refractivity contribution in [2.45, 2.75) is 24.5 Å². The number of urea groups is 1. The third-order valence-corrected chi connectivity index (χ3v) is 14.8. The van der Waals surface area contributed by atoms with Crippen LogP contribution in [0.4, 0.5) is 62.2 Å². The number of primary amides is 1. The summed E-state index contributed by atoms with van der Waals surface area (Å²) in [5.74, 6) is -1.54. The number of benzene rings is 5. The molecule has 31 nitrogen and oxygen atoms in total. The first-order valence-corrected chi connectivity index (χ1v) is 27.7. The van der Waals surface area contributed by atoms with Gasteiger partial charge >= 0.3 is 16.4 Å². The van der Waals surface area contributed by atoms with Crippen LogP contribution in [0.2, 0.25) is 5.28 Å². The zero-order valence-corrected chi connectivity index (χ0v) is 40.6. The maximum atomic E-state index is 12.6. The molecule has 6 rings (SSSR count). The number of sulfone groups is 1. The zero-order chi connectivity index (χ0) is 53.4. The quantitative estimate of drug-likeness (QED) is 0.0318. The molecule has 0 spiro atoms. The Morgan fingerprint density at radius 2 is 1.19 bits per heavy atom. The Morgan fingerprint density at radius 3 is 1.78 bits per heavy atom. The van der Waals surface area contributed by atoms with Crippen LogP contribution in [0.15, 0.2) is 124 Å². The molecule has 0 aliphatic carbocycles. The number of aromatic nitrogens is 3. The average Bonchev–Trinajstić information content (AvgIpc) is 3.23. The Kier molecular flexibility index (Phi) is 15.3. The Balaban J connectivity index is 1.32. The van der Waals surface area contributed by atoms with E-state index in [0.29, 0.717) is 24.3 Å². The second kappa shape index (κ2) is 20.2. The highest BCUT2D eigenvalue weighted by Gasteiger charge is 2.26. The molecule has 0 aliphatic heterocycles. The Hall–Kier alpha value is -7.01. The van der Waals surface area contributed by atoms with Gasteiger partial charge in [-0.3, -0.25) is 22.8 Å². The van der Waals surface area contributed by atoms with Crippen LogP contribution in [-0.4, -0.2) is 107 Å². The lowest BCUT2D eigenvalue weighted by Gasteiger charge is -2.13. The molecule has 1 heterocycles. The summed E-state index contributed by atoms with van der Waals surface area (Å²) in [6.07, 6.45) is 0. The first kappa shape index (κ1) is 54.3. The van der Waals surface area contributed by atoms with E-state index in [0.717, 1.165) is 36.4 Å². The number of nitrogens with two attached hydrogens (primary N) is 2. The second-order valence-electron chi connectivity index (χ2n) is 14.0. The number of fused-ring (bicyclic) bond motifs is 1. The van der Waals surface area contributed by atoms with Crippen molar-refractivity contribution in [2.75, 3.05) is 34.0 Å². The van der Waals surface area contributed by atoms with Gasteiger partial charge in [0, 0.05) is 11.1 Å². The fourth-order valence-corrected chi connectivity index (χ4v) is 10.2. The third-order valence-electron chi connectivity index (χ3n) is 8.91. The van der Waals surface area contributed by atoms with Gasteiger partial charge in [0.05, 0.1) is 44.9 Å². The van der Waals surface area contributed by atoms with Gasteiger partial charge in [0.25, 0.3) is 40.5 Å². The molecule has 0 unspecified atom stereocenters. The van der Waals surface area contributed by atoms with Gasteiger partial charge in [0.2, 0.25) is 17.2 Å². The number of rotatable bonds is 18. The minimum Gasteiger partial charge on any atom is -0.398 e. The number of nitrogens with zero attached hydrogens (tertiary/aromatic N) is 7. The van der Waals surface area contributed by atoms with Crippen LogP contribution in [0.1, 0.15) is 0 Å². The highest BCUT2D eigenvalue weighted by Crippen LogP contribution is 2.39. The van der Waals surface area contributed by atoms with Crippen molar-refractivity contribution in [3.8, 4) is 0 Å². The van der Waals surface area contributed by atoms with Crippen molar-refractivity contribution >= 4 is 147 Å². The van der Waals surface area contributed by atoms with E-state index < -0.39 is 126 Å². The van der Waals surface area contributed by atoms with E-state index in [9.17, 15) is 73.5 Å². The van der Waals surface area contributed by atoms with Crippen LogP contribution in [-0.2, 0) is 64.9 Å². The summed E-state index contributed by atoms with van der Waals surface area (Å²) >= 11 is 6.19. The summed E-state index contributed by atoms with van der Waals surface area (Å²) in [4.78, 5) is 19.8. The highest BCUT2D eigenvalue weighted by molar-refractivity contribution is 7.91. The zero-order valence-electron chi connectivity index (χ0n) is 35.0. The normalized spacial score (nSPS) is 12.9. The smallest absolute Gasteiger partial charge is 0.397 e. The lowest BCUT2D eigenvalue weighted by atomic mass is 10.1. The minimum absolute atomic E-state index is 0.0170. The summed E-state index contributed by atoms with van der Waals surface area (Å²) < 4.78 is 196.